The monoisotopic (exact) mass is 247 g/mol. The zero-order valence-electron chi connectivity index (χ0n) is 10.4. The van der Waals surface area contributed by atoms with Crippen molar-refractivity contribution in [1.29, 1.82) is 0 Å². The first kappa shape index (κ1) is 12.5. The number of nitrogens with zero attached hydrogens (tertiary/aromatic N) is 5. The van der Waals surface area contributed by atoms with E-state index in [4.69, 9.17) is 5.11 Å². The lowest BCUT2D eigenvalue weighted by Gasteiger charge is -2.20. The molecule has 2 rings (SSSR count). The molecule has 0 spiro atoms. The molecule has 0 bridgehead atoms. The van der Waals surface area contributed by atoms with Crippen molar-refractivity contribution in [3.63, 3.8) is 0 Å². The summed E-state index contributed by atoms with van der Waals surface area (Å²) in [5.41, 5.74) is 0.931. The average Bonchev–Trinajstić information content (AvgIpc) is 2.90. The first-order chi connectivity index (χ1) is 8.86. The summed E-state index contributed by atoms with van der Waals surface area (Å²) >= 11 is 0. The smallest absolute Gasteiger partial charge is 0.250 e. The van der Waals surface area contributed by atoms with E-state index in [9.17, 15) is 0 Å². The molecule has 6 nitrogen and oxygen atoms in total. The van der Waals surface area contributed by atoms with E-state index in [1.165, 1.54) is 0 Å². The summed E-state index contributed by atoms with van der Waals surface area (Å²) in [4.78, 5) is 2.04. The van der Waals surface area contributed by atoms with Gasteiger partial charge < -0.3 is 10.0 Å². The van der Waals surface area contributed by atoms with Crippen LogP contribution in [0.25, 0.3) is 5.69 Å². The number of hydrogen-bond donors (Lipinski definition) is 1. The summed E-state index contributed by atoms with van der Waals surface area (Å²) in [7, 11) is 0. The molecular formula is C12H17N5O. The van der Waals surface area contributed by atoms with Crippen molar-refractivity contribution in [2.45, 2.75) is 13.3 Å². The van der Waals surface area contributed by atoms with Gasteiger partial charge in [0.15, 0.2) is 0 Å². The molecule has 0 amide bonds. The molecule has 0 fully saturated rings. The summed E-state index contributed by atoms with van der Waals surface area (Å²) in [6, 6.07) is 9.77. The first-order valence-corrected chi connectivity index (χ1v) is 6.06. The Morgan fingerprint density at radius 1 is 1.28 bits per heavy atom. The zero-order valence-corrected chi connectivity index (χ0v) is 10.4. The first-order valence-electron chi connectivity index (χ1n) is 6.06. The van der Waals surface area contributed by atoms with Gasteiger partial charge in [-0.05, 0) is 35.9 Å². The quantitative estimate of drug-likeness (QED) is 0.820. The van der Waals surface area contributed by atoms with Gasteiger partial charge in [0.2, 0.25) is 5.95 Å². The van der Waals surface area contributed by atoms with Crippen molar-refractivity contribution in [1.82, 2.24) is 20.2 Å². The predicted octanol–water partition coefficient (Wildman–Crippen LogP) is 0.871. The van der Waals surface area contributed by atoms with Crippen LogP contribution in [0.5, 0.6) is 0 Å². The molecule has 0 aliphatic heterocycles. The third-order valence-electron chi connectivity index (χ3n) is 2.70. The lowest BCUT2D eigenvalue weighted by molar-refractivity contribution is 0.289. The molecule has 0 aliphatic rings. The maximum absolute atomic E-state index is 8.91. The molecule has 1 aromatic heterocycles. The van der Waals surface area contributed by atoms with Gasteiger partial charge in [0.1, 0.15) is 0 Å². The summed E-state index contributed by atoms with van der Waals surface area (Å²) in [5.74, 6) is 0.706. The molecule has 2 aromatic rings. The SMILES string of the molecule is CCN(CCCO)c1nnnn1-c1ccccc1. The Balaban J connectivity index is 2.26. The minimum absolute atomic E-state index is 0.170. The summed E-state index contributed by atoms with van der Waals surface area (Å²) < 4.78 is 1.71. The summed E-state index contributed by atoms with van der Waals surface area (Å²) in [5, 5.41) is 20.7. The number of tetrazole rings is 1. The lowest BCUT2D eigenvalue weighted by atomic mass is 10.3. The average molecular weight is 247 g/mol. The standard InChI is InChI=1S/C12H17N5O/c1-2-16(9-6-10-18)12-13-14-15-17(12)11-7-4-3-5-8-11/h3-5,7-8,18H,2,6,9-10H2,1H3. The van der Waals surface area contributed by atoms with Gasteiger partial charge in [0.05, 0.1) is 5.69 Å². The van der Waals surface area contributed by atoms with E-state index >= 15 is 0 Å². The Morgan fingerprint density at radius 2 is 2.06 bits per heavy atom. The Hall–Kier alpha value is -1.95. The maximum atomic E-state index is 8.91. The third kappa shape index (κ3) is 2.65. The van der Waals surface area contributed by atoms with Crippen LogP contribution < -0.4 is 4.90 Å². The van der Waals surface area contributed by atoms with Gasteiger partial charge >= 0.3 is 0 Å². The van der Waals surface area contributed by atoms with E-state index in [-0.39, 0.29) is 6.61 Å². The molecule has 0 unspecified atom stereocenters. The van der Waals surface area contributed by atoms with Crippen LogP contribution in [0.15, 0.2) is 30.3 Å². The van der Waals surface area contributed by atoms with Gasteiger partial charge in [0.25, 0.3) is 0 Å². The molecule has 0 radical (unpaired) electrons. The Labute approximate surface area is 106 Å². The maximum Gasteiger partial charge on any atom is 0.250 e. The second-order valence-corrected chi connectivity index (χ2v) is 3.88. The number of rotatable bonds is 6. The highest BCUT2D eigenvalue weighted by atomic mass is 16.3. The molecule has 6 heteroatoms. The molecule has 1 N–H and O–H groups in total. The molecule has 18 heavy (non-hydrogen) atoms. The zero-order chi connectivity index (χ0) is 12.8. The van der Waals surface area contributed by atoms with Crippen molar-refractivity contribution in [2.75, 3.05) is 24.6 Å². The third-order valence-corrected chi connectivity index (χ3v) is 2.70. The van der Waals surface area contributed by atoms with Crippen LogP contribution in [0, 0.1) is 0 Å². The van der Waals surface area contributed by atoms with Gasteiger partial charge in [-0.3, -0.25) is 0 Å². The second-order valence-electron chi connectivity index (χ2n) is 3.88. The van der Waals surface area contributed by atoms with E-state index in [2.05, 4.69) is 15.5 Å². The minimum Gasteiger partial charge on any atom is -0.396 e. The van der Waals surface area contributed by atoms with Crippen LogP contribution in [0.2, 0.25) is 0 Å². The fourth-order valence-corrected chi connectivity index (χ4v) is 1.78. The van der Waals surface area contributed by atoms with Crippen LogP contribution in [0.3, 0.4) is 0 Å². The Morgan fingerprint density at radius 3 is 2.72 bits per heavy atom. The molecule has 96 valence electrons. The van der Waals surface area contributed by atoms with Crippen molar-refractivity contribution >= 4 is 5.95 Å². The normalized spacial score (nSPS) is 10.6. The van der Waals surface area contributed by atoms with E-state index in [0.717, 1.165) is 18.8 Å². The van der Waals surface area contributed by atoms with Crippen molar-refractivity contribution in [3.8, 4) is 5.69 Å². The van der Waals surface area contributed by atoms with Gasteiger partial charge in [-0.1, -0.05) is 23.3 Å². The van der Waals surface area contributed by atoms with E-state index in [0.29, 0.717) is 12.4 Å². The minimum atomic E-state index is 0.170. The molecule has 1 heterocycles. The number of hydrogen-bond acceptors (Lipinski definition) is 5. The molecule has 0 saturated heterocycles. The summed E-state index contributed by atoms with van der Waals surface area (Å²) in [6.07, 6.45) is 0.704. The molecule has 1 aromatic carbocycles. The number of aliphatic hydroxyl groups excluding tert-OH is 1. The van der Waals surface area contributed by atoms with Crippen LogP contribution >= 0.6 is 0 Å². The fraction of sp³-hybridized carbons (Fsp3) is 0.417. The molecule has 0 atom stereocenters. The highest BCUT2D eigenvalue weighted by Crippen LogP contribution is 2.14. The topological polar surface area (TPSA) is 67.1 Å². The van der Waals surface area contributed by atoms with Gasteiger partial charge in [-0.2, -0.15) is 4.68 Å². The number of aromatic nitrogens is 4. The number of anilines is 1. The number of benzene rings is 1. The Bertz CT molecular complexity index is 470. The predicted molar refractivity (Wildman–Crippen MR) is 68.7 cm³/mol. The van der Waals surface area contributed by atoms with Crippen LogP contribution in [-0.2, 0) is 0 Å². The molecule has 0 aliphatic carbocycles. The van der Waals surface area contributed by atoms with Crippen molar-refractivity contribution in [3.05, 3.63) is 30.3 Å². The van der Waals surface area contributed by atoms with E-state index in [1.54, 1.807) is 4.68 Å². The van der Waals surface area contributed by atoms with Crippen LogP contribution in [0.4, 0.5) is 5.95 Å². The molecule has 0 saturated carbocycles. The summed E-state index contributed by atoms with van der Waals surface area (Å²) in [6.45, 7) is 3.75. The highest BCUT2D eigenvalue weighted by Gasteiger charge is 2.14. The second kappa shape index (κ2) is 6.11. The van der Waals surface area contributed by atoms with E-state index in [1.807, 2.05) is 42.2 Å². The largest absolute Gasteiger partial charge is 0.396 e. The van der Waals surface area contributed by atoms with E-state index < -0.39 is 0 Å². The van der Waals surface area contributed by atoms with Gasteiger partial charge in [-0.25, -0.2) is 0 Å². The highest BCUT2D eigenvalue weighted by molar-refractivity contribution is 5.40. The van der Waals surface area contributed by atoms with Gasteiger partial charge in [0, 0.05) is 19.7 Å². The van der Waals surface area contributed by atoms with Crippen molar-refractivity contribution in [2.24, 2.45) is 0 Å². The lowest BCUT2D eigenvalue weighted by Crippen LogP contribution is -2.27. The van der Waals surface area contributed by atoms with Crippen LogP contribution in [0.1, 0.15) is 13.3 Å². The molecular weight excluding hydrogens is 230 g/mol. The van der Waals surface area contributed by atoms with Crippen molar-refractivity contribution < 1.29 is 5.11 Å². The fourth-order valence-electron chi connectivity index (χ4n) is 1.78. The number of para-hydroxylation sites is 1. The van der Waals surface area contributed by atoms with Crippen LogP contribution in [-0.4, -0.2) is 45.0 Å². The van der Waals surface area contributed by atoms with Gasteiger partial charge in [-0.15, -0.1) is 0 Å². The Kier molecular flexibility index (Phi) is 4.25. The number of aliphatic hydroxyl groups is 1.